The van der Waals surface area contributed by atoms with E-state index in [2.05, 4.69) is 10.6 Å². The highest BCUT2D eigenvalue weighted by atomic mass is 32.1. The number of amides is 2. The molecular formula is C15H22N2O4S. The van der Waals surface area contributed by atoms with Crippen molar-refractivity contribution in [3.63, 3.8) is 0 Å². The minimum atomic E-state index is -1.07. The standard InChI is InChI=1S/C15H22N2O4S/c1-15(2,3)7-6-10(14(20)21)17-12(18)9-16-13(19)11-5-4-8-22-11/h4-5,8,10H,6-7,9H2,1-3H3,(H,16,19)(H,17,18)(H,20,21). The molecule has 122 valence electrons. The number of carboxylic acid groups (broad SMARTS) is 1. The van der Waals surface area contributed by atoms with Gasteiger partial charge in [0.1, 0.15) is 6.04 Å². The summed E-state index contributed by atoms with van der Waals surface area (Å²) in [6.07, 6.45) is 1.02. The van der Waals surface area contributed by atoms with Gasteiger partial charge in [-0.25, -0.2) is 4.79 Å². The van der Waals surface area contributed by atoms with Gasteiger partial charge in [0, 0.05) is 0 Å². The Morgan fingerprint density at radius 3 is 2.50 bits per heavy atom. The Hall–Kier alpha value is -1.89. The van der Waals surface area contributed by atoms with Gasteiger partial charge in [-0.05, 0) is 29.7 Å². The Labute approximate surface area is 133 Å². The predicted molar refractivity (Wildman–Crippen MR) is 84.9 cm³/mol. The molecule has 7 heteroatoms. The van der Waals surface area contributed by atoms with E-state index in [4.69, 9.17) is 5.11 Å². The average Bonchev–Trinajstić information content (AvgIpc) is 2.93. The number of hydrogen-bond donors (Lipinski definition) is 3. The Morgan fingerprint density at radius 1 is 1.32 bits per heavy atom. The monoisotopic (exact) mass is 326 g/mol. The first-order chi connectivity index (χ1) is 10.2. The molecule has 2 amide bonds. The molecule has 1 rings (SSSR count). The van der Waals surface area contributed by atoms with Gasteiger partial charge < -0.3 is 15.7 Å². The van der Waals surface area contributed by atoms with Gasteiger partial charge in [-0.2, -0.15) is 0 Å². The summed E-state index contributed by atoms with van der Waals surface area (Å²) >= 11 is 1.27. The fourth-order valence-corrected chi connectivity index (χ4v) is 2.38. The van der Waals surface area contributed by atoms with Crippen LogP contribution in [0.3, 0.4) is 0 Å². The Balaban J connectivity index is 2.43. The lowest BCUT2D eigenvalue weighted by atomic mass is 9.88. The van der Waals surface area contributed by atoms with E-state index in [0.29, 0.717) is 17.7 Å². The summed E-state index contributed by atoms with van der Waals surface area (Å²) < 4.78 is 0. The maximum atomic E-state index is 11.8. The molecule has 0 aliphatic rings. The van der Waals surface area contributed by atoms with Crippen molar-refractivity contribution in [1.29, 1.82) is 0 Å². The third-order valence-electron chi connectivity index (χ3n) is 2.97. The second-order valence-corrected chi connectivity index (χ2v) is 7.17. The van der Waals surface area contributed by atoms with Crippen LogP contribution in [0.15, 0.2) is 17.5 Å². The largest absolute Gasteiger partial charge is 0.480 e. The number of aliphatic carboxylic acids is 1. The molecule has 3 N–H and O–H groups in total. The molecule has 1 aromatic heterocycles. The van der Waals surface area contributed by atoms with E-state index in [1.54, 1.807) is 17.5 Å². The molecule has 1 unspecified atom stereocenters. The maximum Gasteiger partial charge on any atom is 0.326 e. The van der Waals surface area contributed by atoms with E-state index in [9.17, 15) is 14.4 Å². The minimum absolute atomic E-state index is 0.00812. The van der Waals surface area contributed by atoms with Gasteiger partial charge in [-0.15, -0.1) is 11.3 Å². The molecule has 0 fully saturated rings. The van der Waals surface area contributed by atoms with E-state index in [1.807, 2.05) is 20.8 Å². The first-order valence-electron chi connectivity index (χ1n) is 7.03. The Morgan fingerprint density at radius 2 is 2.00 bits per heavy atom. The average molecular weight is 326 g/mol. The summed E-state index contributed by atoms with van der Waals surface area (Å²) in [6.45, 7) is 5.79. The van der Waals surface area contributed by atoms with Gasteiger partial charge in [0.15, 0.2) is 0 Å². The normalized spacial score (nSPS) is 12.5. The molecule has 0 spiro atoms. The van der Waals surface area contributed by atoms with Gasteiger partial charge in [0.2, 0.25) is 5.91 Å². The summed E-state index contributed by atoms with van der Waals surface area (Å²) in [4.78, 5) is 35.1. The van der Waals surface area contributed by atoms with E-state index in [0.717, 1.165) is 0 Å². The molecular weight excluding hydrogens is 304 g/mol. The van der Waals surface area contributed by atoms with Gasteiger partial charge >= 0.3 is 5.97 Å². The van der Waals surface area contributed by atoms with Gasteiger partial charge in [0.05, 0.1) is 11.4 Å². The Kier molecular flexibility index (Phi) is 6.55. The highest BCUT2D eigenvalue weighted by Crippen LogP contribution is 2.21. The lowest BCUT2D eigenvalue weighted by molar-refractivity contribution is -0.142. The van der Waals surface area contributed by atoms with E-state index in [-0.39, 0.29) is 17.9 Å². The third kappa shape index (κ3) is 6.71. The number of hydrogen-bond acceptors (Lipinski definition) is 4. The molecule has 0 radical (unpaired) electrons. The third-order valence-corrected chi connectivity index (χ3v) is 3.84. The fraction of sp³-hybridized carbons (Fsp3) is 0.533. The zero-order valence-electron chi connectivity index (χ0n) is 13.0. The molecule has 0 saturated carbocycles. The highest BCUT2D eigenvalue weighted by Gasteiger charge is 2.22. The van der Waals surface area contributed by atoms with Crippen LogP contribution in [0, 0.1) is 5.41 Å². The van der Waals surface area contributed by atoms with Crippen molar-refractivity contribution in [2.75, 3.05) is 6.54 Å². The SMILES string of the molecule is CC(C)(C)CCC(NC(=O)CNC(=O)c1cccs1)C(=O)O. The lowest BCUT2D eigenvalue weighted by Gasteiger charge is -2.21. The van der Waals surface area contributed by atoms with Crippen LogP contribution in [-0.4, -0.2) is 35.5 Å². The summed E-state index contributed by atoms with van der Waals surface area (Å²) in [6, 6.07) is 2.46. The second-order valence-electron chi connectivity index (χ2n) is 6.22. The summed E-state index contributed by atoms with van der Waals surface area (Å²) in [7, 11) is 0. The summed E-state index contributed by atoms with van der Waals surface area (Å²) in [5.41, 5.74) is -0.00812. The van der Waals surface area contributed by atoms with Crippen molar-refractivity contribution >= 4 is 29.1 Å². The van der Waals surface area contributed by atoms with Gasteiger partial charge in [-0.3, -0.25) is 9.59 Å². The molecule has 1 aromatic rings. The van der Waals surface area contributed by atoms with Crippen molar-refractivity contribution in [2.24, 2.45) is 5.41 Å². The fourth-order valence-electron chi connectivity index (χ4n) is 1.74. The van der Waals surface area contributed by atoms with Crippen LogP contribution in [0.25, 0.3) is 0 Å². The molecule has 1 heterocycles. The molecule has 0 aromatic carbocycles. The molecule has 0 saturated heterocycles. The van der Waals surface area contributed by atoms with Crippen molar-refractivity contribution in [1.82, 2.24) is 10.6 Å². The summed E-state index contributed by atoms with van der Waals surface area (Å²) in [5, 5.41) is 15.8. The van der Waals surface area contributed by atoms with Crippen molar-refractivity contribution in [3.8, 4) is 0 Å². The molecule has 0 bridgehead atoms. The Bertz CT molecular complexity index is 520. The minimum Gasteiger partial charge on any atom is -0.480 e. The highest BCUT2D eigenvalue weighted by molar-refractivity contribution is 7.12. The van der Waals surface area contributed by atoms with E-state index >= 15 is 0 Å². The van der Waals surface area contributed by atoms with Crippen LogP contribution in [0.1, 0.15) is 43.3 Å². The molecule has 0 aliphatic heterocycles. The van der Waals surface area contributed by atoms with Gasteiger partial charge in [0.25, 0.3) is 5.91 Å². The van der Waals surface area contributed by atoms with Crippen LogP contribution in [-0.2, 0) is 9.59 Å². The predicted octanol–water partition coefficient (Wildman–Crippen LogP) is 1.87. The molecule has 6 nitrogen and oxygen atoms in total. The van der Waals surface area contributed by atoms with Crippen molar-refractivity contribution in [2.45, 2.75) is 39.7 Å². The number of rotatable bonds is 7. The number of thiophene rings is 1. The number of carbonyl (C=O) groups excluding carboxylic acids is 2. The summed E-state index contributed by atoms with van der Waals surface area (Å²) in [5.74, 6) is -1.92. The van der Waals surface area contributed by atoms with Crippen molar-refractivity contribution < 1.29 is 19.5 Å². The van der Waals surface area contributed by atoms with E-state index < -0.39 is 17.9 Å². The second kappa shape index (κ2) is 7.93. The van der Waals surface area contributed by atoms with Crippen LogP contribution < -0.4 is 10.6 Å². The van der Waals surface area contributed by atoms with Crippen LogP contribution in [0.4, 0.5) is 0 Å². The first-order valence-corrected chi connectivity index (χ1v) is 7.91. The van der Waals surface area contributed by atoms with Crippen LogP contribution >= 0.6 is 11.3 Å². The van der Waals surface area contributed by atoms with Crippen LogP contribution in [0.2, 0.25) is 0 Å². The van der Waals surface area contributed by atoms with Crippen molar-refractivity contribution in [3.05, 3.63) is 22.4 Å². The maximum absolute atomic E-state index is 11.8. The molecule has 1 atom stereocenters. The zero-order chi connectivity index (χ0) is 16.8. The number of carboxylic acids is 1. The first kappa shape index (κ1) is 18.2. The van der Waals surface area contributed by atoms with Crippen LogP contribution in [0.5, 0.6) is 0 Å². The van der Waals surface area contributed by atoms with E-state index in [1.165, 1.54) is 11.3 Å². The zero-order valence-corrected chi connectivity index (χ0v) is 13.8. The van der Waals surface area contributed by atoms with Gasteiger partial charge in [-0.1, -0.05) is 26.8 Å². The smallest absolute Gasteiger partial charge is 0.326 e. The number of carbonyl (C=O) groups is 3. The lowest BCUT2D eigenvalue weighted by Crippen LogP contribution is -2.45. The number of nitrogens with one attached hydrogen (secondary N) is 2. The quantitative estimate of drug-likeness (QED) is 0.713. The topological polar surface area (TPSA) is 95.5 Å². The molecule has 0 aliphatic carbocycles. The molecule has 22 heavy (non-hydrogen) atoms.